The largest absolute Gasteiger partial charge is 0.508 e. The van der Waals surface area contributed by atoms with Gasteiger partial charge in [-0.2, -0.15) is 4.57 Å². The zero-order valence-electron chi connectivity index (χ0n) is 16.4. The Kier molecular flexibility index (Phi) is 3.57. The van der Waals surface area contributed by atoms with Gasteiger partial charge in [-0.15, -0.1) is 0 Å². The Balaban J connectivity index is 1.73. The van der Waals surface area contributed by atoms with Crippen LogP contribution in [0, 0.1) is 0 Å². The molecule has 30 heavy (non-hydrogen) atoms. The van der Waals surface area contributed by atoms with E-state index in [1.165, 1.54) is 16.8 Å². The summed E-state index contributed by atoms with van der Waals surface area (Å²) in [4.78, 5) is 0. The third kappa shape index (κ3) is 2.23. The summed E-state index contributed by atoms with van der Waals surface area (Å²) in [5.74, 6) is 0.605. The van der Waals surface area contributed by atoms with Crippen LogP contribution in [-0.2, 0) is 5.41 Å². The lowest BCUT2D eigenvalue weighted by atomic mass is 9.53. The molecule has 0 saturated heterocycles. The van der Waals surface area contributed by atoms with Gasteiger partial charge >= 0.3 is 0 Å². The molecule has 146 valence electrons. The van der Waals surface area contributed by atoms with Crippen molar-refractivity contribution in [1.29, 1.82) is 0 Å². The Morgan fingerprint density at radius 2 is 1.33 bits per heavy atom. The van der Waals surface area contributed by atoms with Gasteiger partial charge in [0.05, 0.1) is 5.92 Å². The summed E-state index contributed by atoms with van der Waals surface area (Å²) in [6.07, 6.45) is 3.04. The monoisotopic (exact) mass is 392 g/mol. The number of benzene rings is 3. The average molecular weight is 392 g/mol. The quantitative estimate of drug-likeness (QED) is 0.481. The molecule has 4 aromatic rings. The van der Waals surface area contributed by atoms with Crippen molar-refractivity contribution in [3.8, 4) is 11.5 Å². The minimum Gasteiger partial charge on any atom is -0.508 e. The number of fused-ring (bicyclic) bond motifs is 1. The molecule has 2 aliphatic heterocycles. The number of phenolic OH excluding ortho intramolecular Hbond substituents is 2. The number of hydrogen-bond acceptors (Lipinski definition) is 2. The third-order valence-corrected chi connectivity index (χ3v) is 6.95. The SMILES string of the molecule is Oc1cccc(C2(c3cccc(O)c3)CC3c4ccccc4C2c2cccc[n+]23)c1. The Hall–Kier alpha value is -3.59. The summed E-state index contributed by atoms with van der Waals surface area (Å²) in [7, 11) is 0. The first kappa shape index (κ1) is 17.3. The molecule has 3 heteroatoms. The van der Waals surface area contributed by atoms with E-state index in [1.54, 1.807) is 12.1 Å². The number of rotatable bonds is 2. The molecule has 3 nitrogen and oxygen atoms in total. The molecule has 0 amide bonds. The van der Waals surface area contributed by atoms with Crippen LogP contribution in [0.1, 0.15) is 46.3 Å². The summed E-state index contributed by atoms with van der Waals surface area (Å²) < 4.78 is 2.40. The van der Waals surface area contributed by atoms with Crippen molar-refractivity contribution in [2.45, 2.75) is 23.8 Å². The van der Waals surface area contributed by atoms with E-state index in [1.807, 2.05) is 24.3 Å². The van der Waals surface area contributed by atoms with Gasteiger partial charge in [0.15, 0.2) is 17.9 Å². The normalized spacial score (nSPS) is 20.4. The molecule has 0 radical (unpaired) electrons. The number of pyridine rings is 1. The van der Waals surface area contributed by atoms with Crippen molar-refractivity contribution in [1.82, 2.24) is 0 Å². The maximum Gasteiger partial charge on any atom is 0.190 e. The van der Waals surface area contributed by atoms with Gasteiger partial charge in [0.2, 0.25) is 0 Å². The maximum atomic E-state index is 10.4. The molecule has 1 aromatic heterocycles. The highest BCUT2D eigenvalue weighted by Crippen LogP contribution is 2.59. The topological polar surface area (TPSA) is 44.3 Å². The predicted molar refractivity (Wildman–Crippen MR) is 115 cm³/mol. The molecule has 3 aromatic carbocycles. The average Bonchev–Trinajstić information content (AvgIpc) is 2.79. The minimum atomic E-state index is -0.391. The molecule has 0 fully saturated rings. The second kappa shape index (κ2) is 6.20. The fourth-order valence-electron chi connectivity index (χ4n) is 5.84. The van der Waals surface area contributed by atoms with E-state index in [4.69, 9.17) is 0 Å². The van der Waals surface area contributed by atoms with Gasteiger partial charge in [0.25, 0.3) is 0 Å². The Labute approximate surface area is 175 Å². The van der Waals surface area contributed by atoms with Crippen molar-refractivity contribution in [3.63, 3.8) is 0 Å². The third-order valence-electron chi connectivity index (χ3n) is 6.95. The van der Waals surface area contributed by atoms with Gasteiger partial charge in [-0.1, -0.05) is 54.6 Å². The minimum absolute atomic E-state index is 0.0727. The van der Waals surface area contributed by atoms with Gasteiger partial charge in [0.1, 0.15) is 11.5 Å². The van der Waals surface area contributed by atoms with Crippen molar-refractivity contribution in [2.75, 3.05) is 0 Å². The highest BCUT2D eigenvalue weighted by atomic mass is 16.3. The van der Waals surface area contributed by atoms with E-state index in [0.29, 0.717) is 0 Å². The number of phenols is 2. The fraction of sp³-hybridized carbons (Fsp3) is 0.148. The summed E-state index contributed by atoms with van der Waals surface area (Å²) >= 11 is 0. The number of aromatic nitrogens is 1. The lowest BCUT2D eigenvalue weighted by Crippen LogP contribution is -2.60. The Bertz CT molecular complexity index is 1190. The molecule has 7 rings (SSSR count). The highest BCUT2D eigenvalue weighted by Gasteiger charge is 2.59. The lowest BCUT2D eigenvalue weighted by molar-refractivity contribution is -0.732. The zero-order chi connectivity index (χ0) is 20.3. The molecule has 2 unspecified atom stereocenters. The number of aromatic hydroxyl groups is 2. The van der Waals surface area contributed by atoms with Gasteiger partial charge < -0.3 is 10.2 Å². The smallest absolute Gasteiger partial charge is 0.190 e. The highest BCUT2D eigenvalue weighted by molar-refractivity contribution is 5.56. The van der Waals surface area contributed by atoms with Crippen LogP contribution >= 0.6 is 0 Å². The van der Waals surface area contributed by atoms with Crippen molar-refractivity contribution in [3.05, 3.63) is 125 Å². The molecule has 1 aliphatic carbocycles. The van der Waals surface area contributed by atoms with Gasteiger partial charge in [-0.25, -0.2) is 0 Å². The standard InChI is InChI=1S/C27H21NO2/c29-20-9-5-7-18(15-20)27(19-8-6-10-21(30)16-19)17-25-22-11-1-2-12-23(22)26(27)24-13-3-4-14-28(24)25/h1-16,25-26H,17H2,(H-,29,30)/p+1. The van der Waals surface area contributed by atoms with E-state index in [-0.39, 0.29) is 23.5 Å². The van der Waals surface area contributed by atoms with Crippen LogP contribution in [0.25, 0.3) is 0 Å². The first-order chi connectivity index (χ1) is 14.7. The first-order valence-electron chi connectivity index (χ1n) is 10.4. The van der Waals surface area contributed by atoms with Crippen LogP contribution in [-0.4, -0.2) is 10.2 Å². The fourth-order valence-corrected chi connectivity index (χ4v) is 5.84. The zero-order valence-corrected chi connectivity index (χ0v) is 16.4. The van der Waals surface area contributed by atoms with Gasteiger partial charge in [0, 0.05) is 29.5 Å². The molecule has 3 aliphatic rings. The number of nitrogens with zero attached hydrogens (tertiary/aromatic N) is 1. The summed E-state index contributed by atoms with van der Waals surface area (Å²) in [6, 6.07) is 30.6. The van der Waals surface area contributed by atoms with Crippen molar-refractivity contribution in [2.24, 2.45) is 0 Å². The van der Waals surface area contributed by atoms with Crippen molar-refractivity contribution < 1.29 is 14.8 Å². The van der Waals surface area contributed by atoms with Crippen LogP contribution in [0.5, 0.6) is 11.5 Å². The van der Waals surface area contributed by atoms with Crippen LogP contribution in [0.2, 0.25) is 0 Å². The Morgan fingerprint density at radius 3 is 2.00 bits per heavy atom. The Morgan fingerprint density at radius 1 is 0.700 bits per heavy atom. The summed E-state index contributed by atoms with van der Waals surface area (Å²) in [5.41, 5.74) is 5.71. The van der Waals surface area contributed by atoms with Crippen LogP contribution in [0.3, 0.4) is 0 Å². The first-order valence-corrected chi connectivity index (χ1v) is 10.4. The van der Waals surface area contributed by atoms with Crippen LogP contribution in [0.15, 0.2) is 97.2 Å². The molecular weight excluding hydrogens is 370 g/mol. The lowest BCUT2D eigenvalue weighted by Gasteiger charge is -2.50. The van der Waals surface area contributed by atoms with Gasteiger partial charge in [-0.3, -0.25) is 0 Å². The molecule has 3 heterocycles. The van der Waals surface area contributed by atoms with E-state index in [9.17, 15) is 10.2 Å². The van der Waals surface area contributed by atoms with E-state index in [0.717, 1.165) is 17.5 Å². The second-order valence-corrected chi connectivity index (χ2v) is 8.39. The predicted octanol–water partition coefficient (Wildman–Crippen LogP) is 4.81. The molecule has 2 atom stereocenters. The maximum absolute atomic E-state index is 10.4. The van der Waals surface area contributed by atoms with E-state index in [2.05, 4.69) is 65.4 Å². The molecule has 2 bridgehead atoms. The summed E-state index contributed by atoms with van der Waals surface area (Å²) in [6.45, 7) is 0. The van der Waals surface area contributed by atoms with Crippen molar-refractivity contribution >= 4 is 0 Å². The van der Waals surface area contributed by atoms with Crippen LogP contribution < -0.4 is 4.57 Å². The van der Waals surface area contributed by atoms with Crippen LogP contribution in [0.4, 0.5) is 0 Å². The molecule has 0 saturated carbocycles. The molecular formula is C27H22NO2+. The number of hydrogen-bond donors (Lipinski definition) is 2. The van der Waals surface area contributed by atoms with Gasteiger partial charge in [-0.05, 0) is 41.0 Å². The molecule has 0 spiro atoms. The molecule has 2 N–H and O–H groups in total. The summed E-state index contributed by atoms with van der Waals surface area (Å²) in [5, 5.41) is 20.7. The van der Waals surface area contributed by atoms with E-state index < -0.39 is 5.41 Å². The van der Waals surface area contributed by atoms with E-state index >= 15 is 0 Å². The second-order valence-electron chi connectivity index (χ2n) is 8.39.